The molecule has 1 aromatic carbocycles. The molecule has 0 aliphatic rings. The van der Waals surface area contributed by atoms with E-state index in [2.05, 4.69) is 16.0 Å². The van der Waals surface area contributed by atoms with Gasteiger partial charge in [0.1, 0.15) is 0 Å². The van der Waals surface area contributed by atoms with Gasteiger partial charge in [-0.1, -0.05) is 28.9 Å². The fourth-order valence-corrected chi connectivity index (χ4v) is 2.90. The van der Waals surface area contributed by atoms with Gasteiger partial charge in [0.05, 0.1) is 4.88 Å². The zero-order chi connectivity index (χ0) is 17.1. The molecule has 7 heteroatoms. The smallest absolute Gasteiger partial charge is 0.291 e. The second-order valence-electron chi connectivity index (χ2n) is 5.28. The number of hydrazine groups is 1. The van der Waals surface area contributed by atoms with Crippen molar-refractivity contribution in [1.82, 2.24) is 16.0 Å². The van der Waals surface area contributed by atoms with Gasteiger partial charge in [-0.3, -0.25) is 20.4 Å². The van der Waals surface area contributed by atoms with Gasteiger partial charge in [0.2, 0.25) is 0 Å². The predicted molar refractivity (Wildman–Crippen MR) is 90.7 cm³/mol. The Kier molecular flexibility index (Phi) is 4.43. The number of benzene rings is 1. The Morgan fingerprint density at radius 1 is 1.08 bits per heavy atom. The lowest BCUT2D eigenvalue weighted by Gasteiger charge is -2.08. The molecule has 3 aromatic rings. The molecule has 122 valence electrons. The number of hydrogen-bond acceptors (Lipinski definition) is 5. The van der Waals surface area contributed by atoms with E-state index in [0.717, 1.165) is 16.0 Å². The first-order chi connectivity index (χ1) is 11.5. The molecule has 0 atom stereocenters. The maximum absolute atomic E-state index is 12.1. The second-order valence-corrected chi connectivity index (χ2v) is 6.23. The van der Waals surface area contributed by atoms with Crippen LogP contribution in [0.1, 0.15) is 32.0 Å². The molecule has 2 amide bonds. The van der Waals surface area contributed by atoms with Crippen LogP contribution in [0.2, 0.25) is 0 Å². The molecule has 3 rings (SSSR count). The van der Waals surface area contributed by atoms with Crippen LogP contribution in [-0.2, 0) is 0 Å². The van der Waals surface area contributed by atoms with E-state index < -0.39 is 5.91 Å². The van der Waals surface area contributed by atoms with Gasteiger partial charge in [0.25, 0.3) is 11.8 Å². The summed E-state index contributed by atoms with van der Waals surface area (Å²) in [6.07, 6.45) is 0. The summed E-state index contributed by atoms with van der Waals surface area (Å²) in [5, 5.41) is 5.62. The molecule has 0 spiro atoms. The number of nitrogens with one attached hydrogen (secondary N) is 2. The van der Waals surface area contributed by atoms with E-state index in [1.54, 1.807) is 6.07 Å². The highest BCUT2D eigenvalue weighted by Crippen LogP contribution is 2.24. The minimum Gasteiger partial charge on any atom is -0.355 e. The van der Waals surface area contributed by atoms with Crippen LogP contribution in [0.25, 0.3) is 10.6 Å². The Labute approximate surface area is 142 Å². The lowest BCUT2D eigenvalue weighted by Crippen LogP contribution is -2.42. The minimum absolute atomic E-state index is 0.0966. The van der Waals surface area contributed by atoms with Crippen LogP contribution in [0.5, 0.6) is 0 Å². The van der Waals surface area contributed by atoms with Gasteiger partial charge in [-0.2, -0.15) is 0 Å². The van der Waals surface area contributed by atoms with Gasteiger partial charge in [0, 0.05) is 11.6 Å². The van der Waals surface area contributed by atoms with Crippen molar-refractivity contribution in [1.29, 1.82) is 0 Å². The van der Waals surface area contributed by atoms with Crippen molar-refractivity contribution in [3.63, 3.8) is 0 Å². The number of hydrogen-bond donors (Lipinski definition) is 2. The summed E-state index contributed by atoms with van der Waals surface area (Å²) in [5.74, 6) is -0.418. The molecule has 2 aromatic heterocycles. The SMILES string of the molecule is Cc1ccc(C(=O)NNC(=O)c2cc(-c3cccs3)on2)c(C)c1. The summed E-state index contributed by atoms with van der Waals surface area (Å²) in [6, 6.07) is 10.7. The van der Waals surface area contributed by atoms with Crippen LogP contribution in [0, 0.1) is 13.8 Å². The van der Waals surface area contributed by atoms with Crippen LogP contribution in [-0.4, -0.2) is 17.0 Å². The third kappa shape index (κ3) is 3.36. The molecule has 0 bridgehead atoms. The van der Waals surface area contributed by atoms with E-state index in [1.807, 2.05) is 43.5 Å². The van der Waals surface area contributed by atoms with Crippen LogP contribution >= 0.6 is 11.3 Å². The van der Waals surface area contributed by atoms with Gasteiger partial charge in [-0.25, -0.2) is 0 Å². The predicted octanol–water partition coefficient (Wildman–Crippen LogP) is 3.09. The highest BCUT2D eigenvalue weighted by Gasteiger charge is 2.16. The lowest BCUT2D eigenvalue weighted by atomic mass is 10.1. The number of carbonyl (C=O) groups is 2. The van der Waals surface area contributed by atoms with E-state index in [1.165, 1.54) is 17.4 Å². The molecule has 0 unspecified atom stereocenters. The summed E-state index contributed by atoms with van der Waals surface area (Å²) in [5.41, 5.74) is 7.22. The Hall–Kier alpha value is -2.93. The number of aryl methyl sites for hydroxylation is 2. The molecule has 0 radical (unpaired) electrons. The molecular weight excluding hydrogens is 326 g/mol. The quantitative estimate of drug-likeness (QED) is 0.717. The van der Waals surface area contributed by atoms with E-state index >= 15 is 0 Å². The summed E-state index contributed by atoms with van der Waals surface area (Å²) in [6.45, 7) is 3.79. The Bertz CT molecular complexity index is 884. The normalized spacial score (nSPS) is 10.4. The number of nitrogens with zero attached hydrogens (tertiary/aromatic N) is 1. The third-order valence-corrected chi connectivity index (χ3v) is 4.31. The number of carbonyl (C=O) groups excluding carboxylic acids is 2. The van der Waals surface area contributed by atoms with E-state index in [4.69, 9.17) is 4.52 Å². The fourth-order valence-electron chi connectivity index (χ4n) is 2.23. The molecule has 0 saturated carbocycles. The Morgan fingerprint density at radius 2 is 1.88 bits per heavy atom. The molecule has 2 N–H and O–H groups in total. The topological polar surface area (TPSA) is 84.2 Å². The first kappa shape index (κ1) is 15.9. The number of aromatic nitrogens is 1. The van der Waals surface area contributed by atoms with Gasteiger partial charge < -0.3 is 4.52 Å². The average Bonchev–Trinajstić information content (AvgIpc) is 3.23. The molecule has 24 heavy (non-hydrogen) atoms. The van der Waals surface area contributed by atoms with Gasteiger partial charge >= 0.3 is 0 Å². The van der Waals surface area contributed by atoms with Crippen LogP contribution < -0.4 is 10.9 Å². The molecular formula is C17H15N3O3S. The minimum atomic E-state index is -0.542. The third-order valence-electron chi connectivity index (χ3n) is 3.42. The Morgan fingerprint density at radius 3 is 2.58 bits per heavy atom. The summed E-state index contributed by atoms with van der Waals surface area (Å²) < 4.78 is 5.14. The van der Waals surface area contributed by atoms with Crippen molar-refractivity contribution in [2.45, 2.75) is 13.8 Å². The van der Waals surface area contributed by atoms with Crippen molar-refractivity contribution in [3.05, 3.63) is 64.2 Å². The second kappa shape index (κ2) is 6.67. The standard InChI is InChI=1S/C17H15N3O3S/c1-10-5-6-12(11(2)8-10)16(21)18-19-17(22)13-9-14(23-20-13)15-4-3-7-24-15/h3-9H,1-2H3,(H,18,21)(H,19,22). The Balaban J connectivity index is 1.64. The van der Waals surface area contributed by atoms with Crippen molar-refractivity contribution < 1.29 is 14.1 Å². The first-order valence-corrected chi connectivity index (χ1v) is 8.11. The zero-order valence-electron chi connectivity index (χ0n) is 13.1. The average molecular weight is 341 g/mol. The maximum Gasteiger partial charge on any atom is 0.291 e. The summed E-state index contributed by atoms with van der Waals surface area (Å²) in [4.78, 5) is 25.1. The molecule has 2 heterocycles. The highest BCUT2D eigenvalue weighted by atomic mass is 32.1. The number of thiophene rings is 1. The fraction of sp³-hybridized carbons (Fsp3) is 0.118. The van der Waals surface area contributed by atoms with E-state index in [0.29, 0.717) is 11.3 Å². The van der Waals surface area contributed by atoms with E-state index in [-0.39, 0.29) is 11.6 Å². The van der Waals surface area contributed by atoms with Crippen LogP contribution in [0.3, 0.4) is 0 Å². The van der Waals surface area contributed by atoms with Crippen LogP contribution in [0.15, 0.2) is 46.3 Å². The monoisotopic (exact) mass is 341 g/mol. The van der Waals surface area contributed by atoms with Crippen molar-refractivity contribution in [2.75, 3.05) is 0 Å². The molecule has 0 aliphatic carbocycles. The van der Waals surface area contributed by atoms with Crippen molar-refractivity contribution >= 4 is 23.2 Å². The number of amides is 2. The molecule has 0 aliphatic heterocycles. The van der Waals surface area contributed by atoms with Gasteiger partial charge in [-0.05, 0) is 36.9 Å². The lowest BCUT2D eigenvalue weighted by molar-refractivity contribution is 0.0841. The number of rotatable bonds is 3. The molecule has 0 saturated heterocycles. The van der Waals surface area contributed by atoms with Crippen molar-refractivity contribution in [3.8, 4) is 10.6 Å². The van der Waals surface area contributed by atoms with Gasteiger partial charge in [0.15, 0.2) is 11.5 Å². The first-order valence-electron chi connectivity index (χ1n) is 7.23. The zero-order valence-corrected chi connectivity index (χ0v) is 13.9. The highest BCUT2D eigenvalue weighted by molar-refractivity contribution is 7.13. The molecule has 6 nitrogen and oxygen atoms in total. The summed E-state index contributed by atoms with van der Waals surface area (Å²) >= 11 is 1.48. The van der Waals surface area contributed by atoms with Crippen LogP contribution in [0.4, 0.5) is 0 Å². The molecule has 0 fully saturated rings. The van der Waals surface area contributed by atoms with Crippen molar-refractivity contribution in [2.24, 2.45) is 0 Å². The maximum atomic E-state index is 12.1. The largest absolute Gasteiger partial charge is 0.355 e. The van der Waals surface area contributed by atoms with Gasteiger partial charge in [-0.15, -0.1) is 11.3 Å². The van der Waals surface area contributed by atoms with E-state index in [9.17, 15) is 9.59 Å². The summed E-state index contributed by atoms with van der Waals surface area (Å²) in [7, 11) is 0.